The number of aromatic nitrogens is 1. The fourth-order valence-corrected chi connectivity index (χ4v) is 3.71. The van der Waals surface area contributed by atoms with Gasteiger partial charge in [0.1, 0.15) is 0 Å². The quantitative estimate of drug-likeness (QED) is 0.916. The minimum absolute atomic E-state index is 0.211. The molecule has 1 spiro atoms. The Morgan fingerprint density at radius 2 is 2.20 bits per heavy atom. The fraction of sp³-hybridized carbons (Fsp3) is 0.706. The smallest absolute Gasteiger partial charge is 0.0697 e. The average Bonchev–Trinajstić information content (AvgIpc) is 2.49. The van der Waals surface area contributed by atoms with Crippen LogP contribution in [0.5, 0.6) is 0 Å². The van der Waals surface area contributed by atoms with Crippen molar-refractivity contribution < 1.29 is 4.74 Å². The van der Waals surface area contributed by atoms with Gasteiger partial charge < -0.3 is 10.1 Å². The van der Waals surface area contributed by atoms with Gasteiger partial charge in [-0.05, 0) is 50.3 Å². The molecule has 0 bridgehead atoms. The predicted molar refractivity (Wildman–Crippen MR) is 80.7 cm³/mol. The monoisotopic (exact) mass is 274 g/mol. The summed E-state index contributed by atoms with van der Waals surface area (Å²) in [5.41, 5.74) is 1.53. The zero-order valence-corrected chi connectivity index (χ0v) is 12.3. The van der Waals surface area contributed by atoms with Gasteiger partial charge in [0.2, 0.25) is 0 Å². The van der Waals surface area contributed by atoms with Crippen molar-refractivity contribution in [3.63, 3.8) is 0 Å². The molecule has 1 saturated heterocycles. The van der Waals surface area contributed by atoms with Crippen molar-refractivity contribution in [2.45, 2.75) is 63.0 Å². The SMILES string of the molecule is c1cncc(CCNC2CCOC3(CCCCC3)C2)c1. The molecule has 2 fully saturated rings. The second-order valence-electron chi connectivity index (χ2n) is 6.35. The van der Waals surface area contributed by atoms with Gasteiger partial charge in [0.05, 0.1) is 5.60 Å². The van der Waals surface area contributed by atoms with E-state index in [2.05, 4.69) is 16.4 Å². The molecule has 1 aliphatic heterocycles. The molecule has 2 aliphatic rings. The molecule has 1 aliphatic carbocycles. The van der Waals surface area contributed by atoms with Crippen LogP contribution in [0.2, 0.25) is 0 Å². The third-order valence-electron chi connectivity index (χ3n) is 4.83. The number of nitrogens with zero attached hydrogens (tertiary/aromatic N) is 1. The molecule has 1 unspecified atom stereocenters. The maximum atomic E-state index is 6.15. The molecular formula is C17H26N2O. The summed E-state index contributed by atoms with van der Waals surface area (Å²) in [4.78, 5) is 4.17. The lowest BCUT2D eigenvalue weighted by Crippen LogP contribution is -2.48. The fourth-order valence-electron chi connectivity index (χ4n) is 3.71. The molecule has 20 heavy (non-hydrogen) atoms. The molecule has 3 nitrogen and oxygen atoms in total. The van der Waals surface area contributed by atoms with Crippen LogP contribution in [0.1, 0.15) is 50.5 Å². The summed E-state index contributed by atoms with van der Waals surface area (Å²) < 4.78 is 6.15. The molecule has 1 atom stereocenters. The summed E-state index contributed by atoms with van der Waals surface area (Å²) in [5, 5.41) is 3.73. The summed E-state index contributed by atoms with van der Waals surface area (Å²) in [6.07, 6.45) is 13.9. The van der Waals surface area contributed by atoms with Crippen LogP contribution in [0.4, 0.5) is 0 Å². The summed E-state index contributed by atoms with van der Waals surface area (Å²) in [5.74, 6) is 0. The Kier molecular flexibility index (Phi) is 4.69. The van der Waals surface area contributed by atoms with E-state index < -0.39 is 0 Å². The van der Waals surface area contributed by atoms with Crippen LogP contribution in [0.3, 0.4) is 0 Å². The molecule has 2 heterocycles. The Labute approximate surface area is 122 Å². The molecule has 0 amide bonds. The predicted octanol–water partition coefficient (Wildman–Crippen LogP) is 3.10. The van der Waals surface area contributed by atoms with Crippen LogP contribution in [-0.2, 0) is 11.2 Å². The van der Waals surface area contributed by atoms with Gasteiger partial charge in [0, 0.05) is 25.0 Å². The van der Waals surface area contributed by atoms with E-state index in [1.165, 1.54) is 44.1 Å². The first kappa shape index (κ1) is 14.0. The molecule has 1 aromatic heterocycles. The highest BCUT2D eigenvalue weighted by Crippen LogP contribution is 2.38. The number of nitrogens with one attached hydrogen (secondary N) is 1. The summed E-state index contributed by atoms with van der Waals surface area (Å²) in [6.45, 7) is 1.98. The largest absolute Gasteiger partial charge is 0.375 e. The van der Waals surface area contributed by atoms with Crippen molar-refractivity contribution in [2.75, 3.05) is 13.2 Å². The highest BCUT2D eigenvalue weighted by atomic mass is 16.5. The number of ether oxygens (including phenoxy) is 1. The lowest BCUT2D eigenvalue weighted by Gasteiger charge is -2.43. The summed E-state index contributed by atoms with van der Waals surface area (Å²) >= 11 is 0. The molecule has 1 saturated carbocycles. The zero-order valence-electron chi connectivity index (χ0n) is 12.3. The Morgan fingerprint density at radius 1 is 1.30 bits per heavy atom. The van der Waals surface area contributed by atoms with Crippen LogP contribution in [0.15, 0.2) is 24.5 Å². The minimum atomic E-state index is 0.211. The standard InChI is InChI=1S/C17H26N2O/c1-2-8-17(9-3-1)13-16(7-12-20-17)19-11-6-15-5-4-10-18-14-15/h4-5,10,14,16,19H,1-3,6-9,11-13H2. The topological polar surface area (TPSA) is 34.2 Å². The number of hydrogen-bond acceptors (Lipinski definition) is 3. The number of hydrogen-bond donors (Lipinski definition) is 1. The maximum absolute atomic E-state index is 6.15. The molecule has 0 radical (unpaired) electrons. The lowest BCUT2D eigenvalue weighted by molar-refractivity contribution is -0.109. The molecule has 1 aromatic rings. The van der Waals surface area contributed by atoms with E-state index in [0.717, 1.165) is 26.0 Å². The van der Waals surface area contributed by atoms with Crippen molar-refractivity contribution in [3.05, 3.63) is 30.1 Å². The molecule has 3 heteroatoms. The van der Waals surface area contributed by atoms with Crippen LogP contribution < -0.4 is 5.32 Å². The molecule has 0 aromatic carbocycles. The van der Waals surface area contributed by atoms with Gasteiger partial charge in [-0.15, -0.1) is 0 Å². The molecule has 110 valence electrons. The first-order chi connectivity index (χ1) is 9.86. The van der Waals surface area contributed by atoms with E-state index in [-0.39, 0.29) is 5.60 Å². The molecule has 1 N–H and O–H groups in total. The maximum Gasteiger partial charge on any atom is 0.0697 e. The van der Waals surface area contributed by atoms with E-state index in [4.69, 9.17) is 4.74 Å². The Bertz CT molecular complexity index is 395. The van der Waals surface area contributed by atoms with Crippen LogP contribution in [0, 0.1) is 0 Å². The number of rotatable bonds is 4. The van der Waals surface area contributed by atoms with Crippen molar-refractivity contribution in [3.8, 4) is 0 Å². The third kappa shape index (κ3) is 3.58. The van der Waals surface area contributed by atoms with Gasteiger partial charge >= 0.3 is 0 Å². The van der Waals surface area contributed by atoms with Crippen LogP contribution in [0.25, 0.3) is 0 Å². The van der Waals surface area contributed by atoms with Crippen molar-refractivity contribution in [1.29, 1.82) is 0 Å². The highest BCUT2D eigenvalue weighted by molar-refractivity contribution is 5.08. The van der Waals surface area contributed by atoms with E-state index in [1.54, 1.807) is 0 Å². The zero-order chi connectivity index (χ0) is 13.7. The Balaban J connectivity index is 1.45. The first-order valence-corrected chi connectivity index (χ1v) is 8.13. The molecular weight excluding hydrogens is 248 g/mol. The summed E-state index contributed by atoms with van der Waals surface area (Å²) in [7, 11) is 0. The second-order valence-corrected chi connectivity index (χ2v) is 6.35. The second kappa shape index (κ2) is 6.68. The van der Waals surface area contributed by atoms with Gasteiger partial charge in [0.25, 0.3) is 0 Å². The third-order valence-corrected chi connectivity index (χ3v) is 4.83. The van der Waals surface area contributed by atoms with E-state index in [9.17, 15) is 0 Å². The van der Waals surface area contributed by atoms with Crippen molar-refractivity contribution >= 4 is 0 Å². The van der Waals surface area contributed by atoms with Crippen molar-refractivity contribution in [2.24, 2.45) is 0 Å². The Hall–Kier alpha value is -0.930. The molecule has 3 rings (SSSR count). The van der Waals surface area contributed by atoms with E-state index in [1.807, 2.05) is 18.5 Å². The van der Waals surface area contributed by atoms with Gasteiger partial charge in [0.15, 0.2) is 0 Å². The Morgan fingerprint density at radius 3 is 3.00 bits per heavy atom. The highest BCUT2D eigenvalue weighted by Gasteiger charge is 2.38. The number of pyridine rings is 1. The normalized spacial score (nSPS) is 25.7. The van der Waals surface area contributed by atoms with E-state index >= 15 is 0 Å². The first-order valence-electron chi connectivity index (χ1n) is 8.13. The van der Waals surface area contributed by atoms with E-state index in [0.29, 0.717) is 6.04 Å². The van der Waals surface area contributed by atoms with Gasteiger partial charge in [-0.3, -0.25) is 4.98 Å². The minimum Gasteiger partial charge on any atom is -0.375 e. The lowest BCUT2D eigenvalue weighted by atomic mass is 9.78. The average molecular weight is 274 g/mol. The van der Waals surface area contributed by atoms with Gasteiger partial charge in [-0.25, -0.2) is 0 Å². The van der Waals surface area contributed by atoms with Gasteiger partial charge in [-0.2, -0.15) is 0 Å². The summed E-state index contributed by atoms with van der Waals surface area (Å²) in [6, 6.07) is 4.81. The van der Waals surface area contributed by atoms with Crippen LogP contribution in [-0.4, -0.2) is 29.8 Å². The van der Waals surface area contributed by atoms with Gasteiger partial charge in [-0.1, -0.05) is 25.3 Å². The van der Waals surface area contributed by atoms with Crippen LogP contribution >= 0.6 is 0 Å². The van der Waals surface area contributed by atoms with Crippen molar-refractivity contribution in [1.82, 2.24) is 10.3 Å².